The first-order valence-electron chi connectivity index (χ1n) is 7.23. The molecule has 0 radical (unpaired) electrons. The molecule has 2 aliphatic heterocycles. The number of nitrogens with one attached hydrogen (secondary N) is 1. The van der Waals surface area contributed by atoms with Gasteiger partial charge in [0.25, 0.3) is 0 Å². The normalized spacial score (nSPS) is 25.9. The lowest BCUT2D eigenvalue weighted by Crippen LogP contribution is -2.39. The van der Waals surface area contributed by atoms with Crippen molar-refractivity contribution < 1.29 is 13.2 Å². The van der Waals surface area contributed by atoms with Gasteiger partial charge in [-0.1, -0.05) is 15.9 Å². The second-order valence-electron chi connectivity index (χ2n) is 5.83. The Morgan fingerprint density at radius 2 is 1.95 bits per heavy atom. The first kappa shape index (κ1) is 15.9. The Morgan fingerprint density at radius 1 is 1.23 bits per heavy atom. The lowest BCUT2D eigenvalue weighted by atomic mass is 10.1. The van der Waals surface area contributed by atoms with Crippen LogP contribution in [0.5, 0.6) is 0 Å². The van der Waals surface area contributed by atoms with Crippen molar-refractivity contribution in [3.8, 4) is 0 Å². The molecular weight excluding hydrogens is 370 g/mol. The van der Waals surface area contributed by atoms with Crippen molar-refractivity contribution in [2.75, 3.05) is 13.1 Å². The minimum atomic E-state index is -3.63. The van der Waals surface area contributed by atoms with E-state index in [0.29, 0.717) is 23.6 Å². The number of carbonyl (C=O) groups is 1. The van der Waals surface area contributed by atoms with E-state index in [0.717, 1.165) is 19.3 Å². The standard InChI is InChI=1S/C14H18BrN3O3S/c15-10-5-9(14(16)19)6-13(7-10)22(20,21)18-4-3-11-1-2-12(8-18)17-11/h5-7,11-12,17H,1-4,8H2,(H2,16,19). The number of rotatable bonds is 3. The number of nitrogens with two attached hydrogens (primary N) is 1. The fourth-order valence-corrected chi connectivity index (χ4v) is 5.35. The largest absolute Gasteiger partial charge is 0.366 e. The quantitative estimate of drug-likeness (QED) is 0.810. The average Bonchev–Trinajstić information content (AvgIpc) is 2.76. The lowest BCUT2D eigenvalue weighted by Gasteiger charge is -2.24. The fourth-order valence-electron chi connectivity index (χ4n) is 3.13. The molecule has 2 bridgehead atoms. The van der Waals surface area contributed by atoms with E-state index in [2.05, 4.69) is 21.2 Å². The summed E-state index contributed by atoms with van der Waals surface area (Å²) in [7, 11) is -3.63. The Balaban J connectivity index is 1.94. The van der Waals surface area contributed by atoms with E-state index in [9.17, 15) is 13.2 Å². The minimum absolute atomic E-state index is 0.105. The van der Waals surface area contributed by atoms with E-state index < -0.39 is 15.9 Å². The Labute approximate surface area is 138 Å². The number of hydrogen-bond acceptors (Lipinski definition) is 4. The number of carbonyl (C=O) groups excluding carboxylic acids is 1. The van der Waals surface area contributed by atoms with Crippen molar-refractivity contribution in [3.63, 3.8) is 0 Å². The van der Waals surface area contributed by atoms with Gasteiger partial charge >= 0.3 is 0 Å². The van der Waals surface area contributed by atoms with Crippen molar-refractivity contribution >= 4 is 31.9 Å². The maximum atomic E-state index is 12.9. The SMILES string of the molecule is NC(=O)c1cc(Br)cc(S(=O)(=O)N2CCC3CCC(C2)N3)c1. The van der Waals surface area contributed by atoms with Gasteiger partial charge in [0.15, 0.2) is 0 Å². The van der Waals surface area contributed by atoms with E-state index in [1.54, 1.807) is 0 Å². The zero-order valence-electron chi connectivity index (χ0n) is 12.0. The van der Waals surface area contributed by atoms with Crippen LogP contribution in [-0.2, 0) is 10.0 Å². The summed E-state index contributed by atoms with van der Waals surface area (Å²) < 4.78 is 27.8. The van der Waals surface area contributed by atoms with Crippen molar-refractivity contribution in [3.05, 3.63) is 28.2 Å². The lowest BCUT2D eigenvalue weighted by molar-refractivity contribution is 0.1000. The second-order valence-corrected chi connectivity index (χ2v) is 8.68. The zero-order chi connectivity index (χ0) is 15.9. The third-order valence-electron chi connectivity index (χ3n) is 4.28. The van der Waals surface area contributed by atoms with Crippen LogP contribution in [0.25, 0.3) is 0 Å². The summed E-state index contributed by atoms with van der Waals surface area (Å²) in [6.07, 6.45) is 2.93. The van der Waals surface area contributed by atoms with E-state index in [1.165, 1.54) is 22.5 Å². The smallest absolute Gasteiger partial charge is 0.248 e. The van der Waals surface area contributed by atoms with E-state index in [4.69, 9.17) is 5.73 Å². The molecule has 0 spiro atoms. The number of primary amides is 1. The van der Waals surface area contributed by atoms with Gasteiger partial charge in [-0.05, 0) is 37.5 Å². The van der Waals surface area contributed by atoms with Crippen LogP contribution >= 0.6 is 15.9 Å². The van der Waals surface area contributed by atoms with E-state index >= 15 is 0 Å². The number of benzene rings is 1. The van der Waals surface area contributed by atoms with Gasteiger partial charge in [-0.3, -0.25) is 4.79 Å². The first-order chi connectivity index (χ1) is 10.4. The molecule has 2 unspecified atom stereocenters. The van der Waals surface area contributed by atoms with Crippen LogP contribution in [0.4, 0.5) is 0 Å². The van der Waals surface area contributed by atoms with Crippen molar-refractivity contribution in [2.45, 2.75) is 36.2 Å². The summed E-state index contributed by atoms with van der Waals surface area (Å²) >= 11 is 3.24. The minimum Gasteiger partial charge on any atom is -0.366 e. The highest BCUT2D eigenvalue weighted by Gasteiger charge is 2.35. The van der Waals surface area contributed by atoms with Crippen molar-refractivity contribution in [2.24, 2.45) is 5.73 Å². The van der Waals surface area contributed by atoms with Gasteiger partial charge in [0.05, 0.1) is 4.90 Å². The van der Waals surface area contributed by atoms with Gasteiger partial charge < -0.3 is 11.1 Å². The molecule has 0 aromatic heterocycles. The summed E-state index contributed by atoms with van der Waals surface area (Å²) in [6.45, 7) is 0.964. The molecular formula is C14H18BrN3O3S. The summed E-state index contributed by atoms with van der Waals surface area (Å²) in [4.78, 5) is 11.5. The predicted octanol–water partition coefficient (Wildman–Crippen LogP) is 1.06. The third-order valence-corrected chi connectivity index (χ3v) is 6.58. The molecule has 1 aromatic rings. The molecule has 0 aliphatic carbocycles. The van der Waals surface area contributed by atoms with Crippen LogP contribution in [0.3, 0.4) is 0 Å². The van der Waals surface area contributed by atoms with Gasteiger partial charge in [0, 0.05) is 35.2 Å². The van der Waals surface area contributed by atoms with Gasteiger partial charge in [-0.15, -0.1) is 0 Å². The van der Waals surface area contributed by atoms with Crippen molar-refractivity contribution in [1.82, 2.24) is 9.62 Å². The highest BCUT2D eigenvalue weighted by molar-refractivity contribution is 9.10. The topological polar surface area (TPSA) is 92.5 Å². The average molecular weight is 388 g/mol. The molecule has 3 N–H and O–H groups in total. The molecule has 22 heavy (non-hydrogen) atoms. The second kappa shape index (κ2) is 5.92. The number of halogens is 1. The van der Waals surface area contributed by atoms with Crippen LogP contribution < -0.4 is 11.1 Å². The predicted molar refractivity (Wildman–Crippen MR) is 86.0 cm³/mol. The molecule has 2 fully saturated rings. The molecule has 1 aromatic carbocycles. The Kier molecular flexibility index (Phi) is 4.28. The van der Waals surface area contributed by atoms with E-state index in [1.807, 2.05) is 0 Å². The molecule has 0 saturated carbocycles. The molecule has 8 heteroatoms. The van der Waals surface area contributed by atoms with Crippen LogP contribution in [0, 0.1) is 0 Å². The highest BCUT2D eigenvalue weighted by Crippen LogP contribution is 2.27. The maximum absolute atomic E-state index is 12.9. The molecule has 1 amide bonds. The van der Waals surface area contributed by atoms with Crippen LogP contribution in [0.15, 0.2) is 27.6 Å². The number of hydrogen-bond donors (Lipinski definition) is 2. The summed E-state index contributed by atoms with van der Waals surface area (Å²) in [5.41, 5.74) is 5.45. The Bertz CT molecular complexity index is 707. The maximum Gasteiger partial charge on any atom is 0.248 e. The third kappa shape index (κ3) is 3.05. The Morgan fingerprint density at radius 3 is 2.68 bits per heavy atom. The van der Waals surface area contributed by atoms with Crippen LogP contribution in [-0.4, -0.2) is 43.8 Å². The summed E-state index contributed by atoms with van der Waals surface area (Å²) in [5, 5.41) is 3.46. The first-order valence-corrected chi connectivity index (χ1v) is 9.46. The van der Waals surface area contributed by atoms with Gasteiger partial charge in [0.2, 0.25) is 15.9 Å². The van der Waals surface area contributed by atoms with Gasteiger partial charge in [-0.25, -0.2) is 8.42 Å². The molecule has 2 atom stereocenters. The zero-order valence-corrected chi connectivity index (χ0v) is 14.4. The molecule has 120 valence electrons. The highest BCUT2D eigenvalue weighted by atomic mass is 79.9. The number of fused-ring (bicyclic) bond motifs is 2. The molecule has 3 rings (SSSR count). The number of amides is 1. The van der Waals surface area contributed by atoms with Gasteiger partial charge in [0.1, 0.15) is 0 Å². The molecule has 2 heterocycles. The monoisotopic (exact) mass is 387 g/mol. The van der Waals surface area contributed by atoms with Crippen LogP contribution in [0.1, 0.15) is 29.6 Å². The van der Waals surface area contributed by atoms with Crippen molar-refractivity contribution in [1.29, 1.82) is 0 Å². The van der Waals surface area contributed by atoms with Crippen LogP contribution in [0.2, 0.25) is 0 Å². The molecule has 6 nitrogen and oxygen atoms in total. The summed E-state index contributed by atoms with van der Waals surface area (Å²) in [6, 6.07) is 5.00. The number of nitrogens with zero attached hydrogens (tertiary/aromatic N) is 1. The Hall–Kier alpha value is -0.960. The fraction of sp³-hybridized carbons (Fsp3) is 0.500. The van der Waals surface area contributed by atoms with E-state index in [-0.39, 0.29) is 16.5 Å². The number of sulfonamides is 1. The van der Waals surface area contributed by atoms with Gasteiger partial charge in [-0.2, -0.15) is 4.31 Å². The summed E-state index contributed by atoms with van der Waals surface area (Å²) in [5.74, 6) is -0.644. The molecule has 2 aliphatic rings. The molecule has 2 saturated heterocycles.